The van der Waals surface area contributed by atoms with E-state index in [1.165, 1.54) is 6.42 Å². The summed E-state index contributed by atoms with van der Waals surface area (Å²) in [6.45, 7) is 4.35. The number of fused-ring (bicyclic) bond motifs is 1. The maximum Gasteiger partial charge on any atom is 0.323 e. The van der Waals surface area contributed by atoms with E-state index in [-0.39, 0.29) is 43.0 Å². The van der Waals surface area contributed by atoms with Crippen LogP contribution in [-0.4, -0.2) is 77.8 Å². The van der Waals surface area contributed by atoms with Crippen molar-refractivity contribution in [2.45, 2.75) is 70.6 Å². The highest BCUT2D eigenvalue weighted by Gasteiger charge is 2.32. The average Bonchev–Trinajstić information content (AvgIpc) is 3.01. The molecule has 1 heterocycles. The molecule has 0 radical (unpaired) electrons. The third kappa shape index (κ3) is 8.36. The molecule has 1 aliphatic carbocycles. The van der Waals surface area contributed by atoms with E-state index in [0.717, 1.165) is 25.7 Å². The van der Waals surface area contributed by atoms with Crippen molar-refractivity contribution >= 4 is 29.3 Å². The molecule has 10 heteroatoms. The van der Waals surface area contributed by atoms with Gasteiger partial charge in [-0.1, -0.05) is 44.4 Å². The molecule has 2 aromatic rings. The molecule has 0 unspecified atom stereocenters. The minimum absolute atomic E-state index is 0.0486. The summed E-state index contributed by atoms with van der Waals surface area (Å²) < 4.78 is 6.51. The molecule has 4 N–H and O–H groups in total. The zero-order chi connectivity index (χ0) is 29.4. The summed E-state index contributed by atoms with van der Waals surface area (Å²) in [5.74, 6) is 0.264. The van der Waals surface area contributed by atoms with E-state index in [1.807, 2.05) is 32.0 Å². The molecule has 3 atom stereocenters. The molecule has 2 aromatic carbocycles. The van der Waals surface area contributed by atoms with Gasteiger partial charge in [0.1, 0.15) is 11.9 Å². The molecule has 0 saturated heterocycles. The molecule has 5 amide bonds. The van der Waals surface area contributed by atoms with Crippen LogP contribution >= 0.6 is 0 Å². The molecule has 0 bridgehead atoms. The molecule has 222 valence electrons. The van der Waals surface area contributed by atoms with Crippen LogP contribution in [0.1, 0.15) is 51.5 Å². The number of nitrogens with zero attached hydrogens (tertiary/aromatic N) is 2. The fraction of sp³-hybridized carbons (Fsp3) is 0.516. The van der Waals surface area contributed by atoms with Gasteiger partial charge in [0.2, 0.25) is 5.91 Å². The monoisotopic (exact) mass is 565 g/mol. The third-order valence-corrected chi connectivity index (χ3v) is 7.94. The van der Waals surface area contributed by atoms with E-state index in [0.29, 0.717) is 35.8 Å². The number of aliphatic hydroxyl groups is 1. The van der Waals surface area contributed by atoms with Gasteiger partial charge in [0.25, 0.3) is 0 Å². The first-order chi connectivity index (χ1) is 19.7. The van der Waals surface area contributed by atoms with Crippen LogP contribution in [0.4, 0.5) is 21.0 Å². The fourth-order valence-electron chi connectivity index (χ4n) is 5.42. The Hall–Kier alpha value is -3.79. The topological polar surface area (TPSA) is 123 Å². The van der Waals surface area contributed by atoms with Gasteiger partial charge in [-0.3, -0.25) is 4.79 Å². The van der Waals surface area contributed by atoms with Gasteiger partial charge in [0, 0.05) is 42.5 Å². The summed E-state index contributed by atoms with van der Waals surface area (Å²) in [6.07, 6.45) is 5.12. The maximum absolute atomic E-state index is 13.4. The number of amides is 5. The fourth-order valence-corrected chi connectivity index (χ4v) is 5.42. The Balaban J connectivity index is 1.53. The standard InChI is InChI=1S/C31H43N5O5/c1-21-18-36(22(2)20-37)29(38)17-23-16-26(33-30(39)32-24-10-6-4-7-11-24)14-15-27(23)41-28(21)19-35(3)31(40)34-25-12-8-5-9-13-25/h4,6-7,10-11,14-16,21-22,25,28,37H,5,8-9,12-13,17-20H2,1-3H3,(H,34,40)(H2,32,33,39)/t21-,22+,28-/m1/s1. The molecule has 41 heavy (non-hydrogen) atoms. The molecular weight excluding hydrogens is 522 g/mol. The van der Waals surface area contributed by atoms with Crippen molar-refractivity contribution in [2.75, 3.05) is 37.4 Å². The van der Waals surface area contributed by atoms with Crippen molar-refractivity contribution in [1.29, 1.82) is 0 Å². The summed E-state index contributed by atoms with van der Waals surface area (Å²) in [7, 11) is 1.76. The number of hydrogen-bond donors (Lipinski definition) is 4. The quantitative estimate of drug-likeness (QED) is 0.395. The highest BCUT2D eigenvalue weighted by atomic mass is 16.5. The van der Waals surface area contributed by atoms with E-state index in [9.17, 15) is 19.5 Å². The molecule has 4 rings (SSSR count). The molecule has 0 aromatic heterocycles. The SMILES string of the molecule is C[C@@H]1CN([C@@H](C)CO)C(=O)Cc2cc(NC(=O)Nc3ccccc3)ccc2O[C@@H]1CN(C)C(=O)NC1CCCCC1. The second-order valence-electron chi connectivity index (χ2n) is 11.3. The average molecular weight is 566 g/mol. The normalized spacial score (nSPS) is 20.4. The Morgan fingerprint density at radius 1 is 1.07 bits per heavy atom. The number of hydrogen-bond acceptors (Lipinski definition) is 5. The molecule has 2 aliphatic rings. The lowest BCUT2D eigenvalue weighted by Crippen LogP contribution is -2.50. The lowest BCUT2D eigenvalue weighted by atomic mass is 9.96. The second kappa shape index (κ2) is 14.2. The van der Waals surface area contributed by atoms with Gasteiger partial charge >= 0.3 is 12.1 Å². The highest BCUT2D eigenvalue weighted by molar-refractivity contribution is 5.99. The Bertz CT molecular complexity index is 1190. The van der Waals surface area contributed by atoms with E-state index in [1.54, 1.807) is 47.2 Å². The number of likely N-dealkylation sites (N-methyl/N-ethyl adjacent to an activating group) is 1. The van der Waals surface area contributed by atoms with Crippen LogP contribution in [0.25, 0.3) is 0 Å². The van der Waals surface area contributed by atoms with Crippen molar-refractivity contribution in [2.24, 2.45) is 5.92 Å². The molecule has 1 fully saturated rings. The van der Waals surface area contributed by atoms with Crippen LogP contribution in [0, 0.1) is 5.92 Å². The van der Waals surface area contributed by atoms with Crippen LogP contribution in [0.3, 0.4) is 0 Å². The van der Waals surface area contributed by atoms with Crippen molar-refractivity contribution in [3.63, 3.8) is 0 Å². The van der Waals surface area contributed by atoms with Crippen LogP contribution < -0.4 is 20.7 Å². The highest BCUT2D eigenvalue weighted by Crippen LogP contribution is 2.29. The van der Waals surface area contributed by atoms with Gasteiger partial charge in [0.15, 0.2) is 0 Å². The number of aliphatic hydroxyl groups excluding tert-OH is 1. The number of carbonyl (C=O) groups is 3. The number of anilines is 2. The van der Waals surface area contributed by atoms with Gasteiger partial charge in [0.05, 0.1) is 25.6 Å². The van der Waals surface area contributed by atoms with Gasteiger partial charge in [-0.25, -0.2) is 9.59 Å². The first kappa shape index (κ1) is 30.2. The Labute approximate surface area is 242 Å². The largest absolute Gasteiger partial charge is 0.488 e. The van der Waals surface area contributed by atoms with Crippen molar-refractivity contribution < 1.29 is 24.2 Å². The summed E-state index contributed by atoms with van der Waals surface area (Å²) in [6, 6.07) is 13.6. The first-order valence-corrected chi connectivity index (χ1v) is 14.6. The van der Waals surface area contributed by atoms with Crippen molar-refractivity contribution in [1.82, 2.24) is 15.1 Å². The van der Waals surface area contributed by atoms with Crippen molar-refractivity contribution in [3.8, 4) is 5.75 Å². The molecular formula is C31H43N5O5. The predicted molar refractivity (Wildman–Crippen MR) is 159 cm³/mol. The van der Waals surface area contributed by atoms with Crippen LogP contribution in [0.5, 0.6) is 5.75 Å². The van der Waals surface area contributed by atoms with Gasteiger partial charge in [-0.15, -0.1) is 0 Å². The van der Waals surface area contributed by atoms with Gasteiger partial charge in [-0.2, -0.15) is 0 Å². The number of para-hydroxylation sites is 1. The van der Waals surface area contributed by atoms with E-state index >= 15 is 0 Å². The summed E-state index contributed by atoms with van der Waals surface area (Å²) >= 11 is 0. The number of urea groups is 2. The van der Waals surface area contributed by atoms with Crippen LogP contribution in [0.2, 0.25) is 0 Å². The lowest BCUT2D eigenvalue weighted by Gasteiger charge is -2.34. The van der Waals surface area contributed by atoms with E-state index in [2.05, 4.69) is 16.0 Å². The summed E-state index contributed by atoms with van der Waals surface area (Å²) in [5, 5.41) is 18.7. The second-order valence-corrected chi connectivity index (χ2v) is 11.3. The van der Waals surface area contributed by atoms with Crippen molar-refractivity contribution in [3.05, 3.63) is 54.1 Å². The number of carbonyl (C=O) groups excluding carboxylic acids is 3. The number of rotatable bonds is 7. The van der Waals surface area contributed by atoms with E-state index in [4.69, 9.17) is 4.74 Å². The zero-order valence-electron chi connectivity index (χ0n) is 24.3. The lowest BCUT2D eigenvalue weighted by molar-refractivity contribution is -0.134. The molecule has 0 spiro atoms. The summed E-state index contributed by atoms with van der Waals surface area (Å²) in [4.78, 5) is 42.4. The smallest absolute Gasteiger partial charge is 0.323 e. The zero-order valence-corrected chi connectivity index (χ0v) is 24.3. The molecule has 1 aliphatic heterocycles. The first-order valence-electron chi connectivity index (χ1n) is 14.6. The van der Waals surface area contributed by atoms with Gasteiger partial charge < -0.3 is 35.6 Å². The predicted octanol–water partition coefficient (Wildman–Crippen LogP) is 4.45. The number of ether oxygens (including phenoxy) is 1. The van der Waals surface area contributed by atoms with Crippen LogP contribution in [-0.2, 0) is 11.2 Å². The number of benzene rings is 2. The summed E-state index contributed by atoms with van der Waals surface area (Å²) in [5.41, 5.74) is 1.80. The molecule has 10 nitrogen and oxygen atoms in total. The maximum atomic E-state index is 13.4. The van der Waals surface area contributed by atoms with Gasteiger partial charge in [-0.05, 0) is 50.1 Å². The van der Waals surface area contributed by atoms with Crippen LogP contribution in [0.15, 0.2) is 48.5 Å². The minimum Gasteiger partial charge on any atom is -0.488 e. The Morgan fingerprint density at radius 3 is 2.49 bits per heavy atom. The molecule has 1 saturated carbocycles. The minimum atomic E-state index is -0.407. The Morgan fingerprint density at radius 2 is 1.78 bits per heavy atom. The third-order valence-electron chi connectivity index (χ3n) is 7.94. The van der Waals surface area contributed by atoms with E-state index < -0.39 is 12.1 Å². The number of nitrogens with one attached hydrogen (secondary N) is 3. The Kier molecular flexibility index (Phi) is 10.5.